The maximum atomic E-state index is 11.9. The molecule has 6 heteroatoms. The number of nitrogens with one attached hydrogen (secondary N) is 2. The van der Waals surface area contributed by atoms with Crippen molar-refractivity contribution in [3.05, 3.63) is 30.4 Å². The van der Waals surface area contributed by atoms with Gasteiger partial charge in [-0.3, -0.25) is 4.79 Å². The molecule has 0 aromatic heterocycles. The van der Waals surface area contributed by atoms with Crippen molar-refractivity contribution < 1.29 is 4.79 Å². The van der Waals surface area contributed by atoms with E-state index in [1.165, 1.54) is 0 Å². The van der Waals surface area contributed by atoms with E-state index in [2.05, 4.69) is 55.8 Å². The molecule has 1 aromatic rings. The molecule has 0 unspecified atom stereocenters. The molecule has 0 heterocycles. The average molecular weight is 495 g/mol. The molecular formula is C14H15I2N3O. The molecule has 106 valence electrons. The Labute approximate surface area is 146 Å². The van der Waals surface area contributed by atoms with Gasteiger partial charge in [-0.15, -0.1) is 0 Å². The Bertz CT molecular complexity index is 566. The first-order valence-corrected chi connectivity index (χ1v) is 8.14. The van der Waals surface area contributed by atoms with Gasteiger partial charge < -0.3 is 10.6 Å². The van der Waals surface area contributed by atoms with Crippen molar-refractivity contribution in [3.8, 4) is 6.07 Å². The highest BCUT2D eigenvalue weighted by atomic mass is 127. The fraction of sp³-hybridized carbons (Fsp3) is 0.286. The Kier molecular flexibility index (Phi) is 6.75. The summed E-state index contributed by atoms with van der Waals surface area (Å²) in [6, 6.07) is 5.84. The summed E-state index contributed by atoms with van der Waals surface area (Å²) in [6.45, 7) is 3.72. The van der Waals surface area contributed by atoms with E-state index >= 15 is 0 Å². The Hall–Kier alpha value is -0.820. The van der Waals surface area contributed by atoms with Crippen molar-refractivity contribution in [2.75, 3.05) is 12.4 Å². The average Bonchev–Trinajstić information content (AvgIpc) is 2.34. The van der Waals surface area contributed by atoms with Crippen LogP contribution in [0.4, 0.5) is 5.69 Å². The number of amides is 1. The van der Waals surface area contributed by atoms with Gasteiger partial charge in [0.15, 0.2) is 0 Å². The number of hydrogen-bond acceptors (Lipinski definition) is 3. The lowest BCUT2D eigenvalue weighted by Gasteiger charge is -2.09. The monoisotopic (exact) mass is 495 g/mol. The molecule has 0 saturated heterocycles. The number of benzene rings is 1. The third-order valence-electron chi connectivity index (χ3n) is 2.41. The first-order chi connectivity index (χ1) is 9.38. The van der Waals surface area contributed by atoms with E-state index in [9.17, 15) is 4.79 Å². The normalized spacial score (nSPS) is 11.2. The second kappa shape index (κ2) is 7.83. The molecule has 1 rings (SSSR count). The van der Waals surface area contributed by atoms with Gasteiger partial charge in [-0.2, -0.15) is 5.26 Å². The molecule has 2 N–H and O–H groups in total. The van der Waals surface area contributed by atoms with Gasteiger partial charge in [0.05, 0.1) is 5.69 Å². The van der Waals surface area contributed by atoms with Crippen molar-refractivity contribution in [2.45, 2.75) is 19.9 Å². The minimum Gasteiger partial charge on any atom is -0.386 e. The van der Waals surface area contributed by atoms with Crippen molar-refractivity contribution in [2.24, 2.45) is 0 Å². The number of nitrogens with zero attached hydrogens (tertiary/aromatic N) is 1. The summed E-state index contributed by atoms with van der Waals surface area (Å²) in [5, 5.41) is 15.0. The van der Waals surface area contributed by atoms with Crippen LogP contribution in [0.15, 0.2) is 17.7 Å². The predicted octanol–water partition coefficient (Wildman–Crippen LogP) is 3.37. The molecule has 1 amide bonds. The molecule has 0 atom stereocenters. The summed E-state index contributed by atoms with van der Waals surface area (Å²) in [4.78, 5) is 11.9. The van der Waals surface area contributed by atoms with Crippen LogP contribution in [0.3, 0.4) is 0 Å². The Balaban J connectivity index is 3.15. The molecule has 0 radical (unpaired) electrons. The zero-order valence-electron chi connectivity index (χ0n) is 11.4. The number of nitriles is 1. The minimum absolute atomic E-state index is 0.00573. The lowest BCUT2D eigenvalue weighted by molar-refractivity contribution is -0.117. The quantitative estimate of drug-likeness (QED) is 0.383. The van der Waals surface area contributed by atoms with Crippen LogP contribution in [0.5, 0.6) is 0 Å². The lowest BCUT2D eigenvalue weighted by atomic mass is 10.1. The van der Waals surface area contributed by atoms with Gasteiger partial charge in [-0.05, 0) is 82.8 Å². The fourth-order valence-electron chi connectivity index (χ4n) is 1.57. The number of anilines is 1. The topological polar surface area (TPSA) is 64.9 Å². The molecule has 4 nitrogen and oxygen atoms in total. The van der Waals surface area contributed by atoms with Crippen LogP contribution >= 0.6 is 45.2 Å². The largest absolute Gasteiger partial charge is 0.386 e. The van der Waals surface area contributed by atoms with Gasteiger partial charge >= 0.3 is 0 Å². The van der Waals surface area contributed by atoms with Crippen molar-refractivity contribution >= 4 is 62.9 Å². The van der Waals surface area contributed by atoms with Crippen molar-refractivity contribution in [3.63, 3.8) is 0 Å². The van der Waals surface area contributed by atoms with Gasteiger partial charge in [-0.25, -0.2) is 0 Å². The van der Waals surface area contributed by atoms with Crippen LogP contribution in [-0.2, 0) is 4.79 Å². The molecule has 0 saturated carbocycles. The summed E-state index contributed by atoms with van der Waals surface area (Å²) in [6.07, 6.45) is 1.61. The van der Waals surface area contributed by atoms with Gasteiger partial charge in [0, 0.05) is 20.2 Å². The van der Waals surface area contributed by atoms with E-state index in [1.54, 1.807) is 6.08 Å². The molecule has 20 heavy (non-hydrogen) atoms. The summed E-state index contributed by atoms with van der Waals surface area (Å²) in [7, 11) is 1.87. The lowest BCUT2D eigenvalue weighted by Crippen LogP contribution is -2.30. The molecule has 0 fully saturated rings. The van der Waals surface area contributed by atoms with E-state index in [0.717, 1.165) is 18.4 Å². The maximum Gasteiger partial charge on any atom is 0.262 e. The van der Waals surface area contributed by atoms with Crippen LogP contribution in [-0.4, -0.2) is 19.0 Å². The Morgan fingerprint density at radius 2 is 1.90 bits per heavy atom. The van der Waals surface area contributed by atoms with Gasteiger partial charge in [0.1, 0.15) is 11.6 Å². The number of hydrogen-bond donors (Lipinski definition) is 2. The highest BCUT2D eigenvalue weighted by molar-refractivity contribution is 14.1. The van der Waals surface area contributed by atoms with E-state index in [4.69, 9.17) is 5.26 Å². The summed E-state index contributed by atoms with van der Waals surface area (Å²) in [5.41, 5.74) is 2.00. The molecule has 0 bridgehead atoms. The highest BCUT2D eigenvalue weighted by Gasteiger charge is 2.11. The van der Waals surface area contributed by atoms with Crippen LogP contribution in [0.1, 0.15) is 19.4 Å². The van der Waals surface area contributed by atoms with E-state index in [-0.39, 0.29) is 17.5 Å². The van der Waals surface area contributed by atoms with Crippen LogP contribution in [0, 0.1) is 18.5 Å². The van der Waals surface area contributed by atoms with E-state index in [1.807, 2.05) is 39.1 Å². The van der Waals surface area contributed by atoms with E-state index in [0.29, 0.717) is 0 Å². The standard InChI is InChI=1S/C14H15I2N3O/c1-8(2)19-14(20)10(7-17)4-9-5-11(15)13(18-3)12(16)6-9/h4-6,8,18H,1-3H3,(H,19,20)/b10-4-. The summed E-state index contributed by atoms with van der Waals surface area (Å²) < 4.78 is 2.09. The Morgan fingerprint density at radius 3 is 2.30 bits per heavy atom. The predicted molar refractivity (Wildman–Crippen MR) is 98.3 cm³/mol. The SMILES string of the molecule is CNc1c(I)cc(/C=C(/C#N)C(=O)NC(C)C)cc1I. The molecule has 1 aromatic carbocycles. The van der Waals surface area contributed by atoms with E-state index < -0.39 is 0 Å². The smallest absolute Gasteiger partial charge is 0.262 e. The van der Waals surface area contributed by atoms with Gasteiger partial charge in [-0.1, -0.05) is 0 Å². The molecule has 0 spiro atoms. The zero-order valence-corrected chi connectivity index (χ0v) is 15.7. The number of carbonyl (C=O) groups is 1. The maximum absolute atomic E-state index is 11.9. The highest BCUT2D eigenvalue weighted by Crippen LogP contribution is 2.27. The fourth-order valence-corrected chi connectivity index (χ4v) is 3.93. The first-order valence-electron chi connectivity index (χ1n) is 5.98. The summed E-state index contributed by atoms with van der Waals surface area (Å²) in [5.74, 6) is -0.342. The van der Waals surface area contributed by atoms with Gasteiger partial charge in [0.2, 0.25) is 0 Å². The molecular weight excluding hydrogens is 480 g/mol. The summed E-state index contributed by atoms with van der Waals surface area (Å²) >= 11 is 4.46. The van der Waals surface area contributed by atoms with Crippen LogP contribution < -0.4 is 10.6 Å². The number of carbonyl (C=O) groups excluding carboxylic acids is 1. The van der Waals surface area contributed by atoms with Gasteiger partial charge in [0.25, 0.3) is 5.91 Å². The minimum atomic E-state index is -0.342. The third kappa shape index (κ3) is 4.63. The van der Waals surface area contributed by atoms with Crippen LogP contribution in [0.2, 0.25) is 0 Å². The second-order valence-electron chi connectivity index (χ2n) is 4.41. The molecule has 0 aliphatic rings. The second-order valence-corrected chi connectivity index (χ2v) is 6.73. The molecule has 0 aliphatic heterocycles. The van der Waals surface area contributed by atoms with Crippen LogP contribution in [0.25, 0.3) is 6.08 Å². The zero-order chi connectivity index (χ0) is 15.3. The first kappa shape index (κ1) is 17.2. The third-order valence-corrected chi connectivity index (χ3v) is 4.11. The molecule has 0 aliphatic carbocycles. The van der Waals surface area contributed by atoms with Crippen molar-refractivity contribution in [1.29, 1.82) is 5.26 Å². The number of halogens is 2. The number of rotatable bonds is 4. The Morgan fingerprint density at radius 1 is 1.35 bits per heavy atom. The van der Waals surface area contributed by atoms with Crippen molar-refractivity contribution in [1.82, 2.24) is 5.32 Å².